The van der Waals surface area contributed by atoms with Gasteiger partial charge in [0.25, 0.3) is 6.43 Å². The average molecular weight is 270 g/mol. The number of ether oxygens (including phenoxy) is 1. The van der Waals surface area contributed by atoms with Gasteiger partial charge < -0.3 is 4.74 Å². The van der Waals surface area contributed by atoms with Crippen molar-refractivity contribution in [1.29, 1.82) is 0 Å². The molecular formula is C11H11F5O2. The predicted octanol–water partition coefficient (Wildman–Crippen LogP) is 3.11. The summed E-state index contributed by atoms with van der Waals surface area (Å²) in [4.78, 5) is 11.4. The van der Waals surface area contributed by atoms with Gasteiger partial charge in [-0.25, -0.2) is 8.78 Å². The summed E-state index contributed by atoms with van der Waals surface area (Å²) in [5.74, 6) is -5.56. The van der Waals surface area contributed by atoms with Gasteiger partial charge in [0.15, 0.2) is 0 Å². The predicted molar refractivity (Wildman–Crippen MR) is 52.9 cm³/mol. The van der Waals surface area contributed by atoms with Gasteiger partial charge >= 0.3 is 12.1 Å². The van der Waals surface area contributed by atoms with Crippen LogP contribution in [0, 0.1) is 11.8 Å². The molecule has 0 radical (unpaired) electrons. The molecule has 102 valence electrons. The molecule has 2 atom stereocenters. The number of esters is 1. The summed E-state index contributed by atoms with van der Waals surface area (Å²) in [6.07, 6.45) is -5.51. The van der Waals surface area contributed by atoms with Crippen molar-refractivity contribution in [3.05, 3.63) is 23.8 Å². The van der Waals surface area contributed by atoms with Gasteiger partial charge in [-0.2, -0.15) is 13.2 Å². The molecule has 0 aromatic heterocycles. The highest BCUT2D eigenvalue weighted by Gasteiger charge is 2.50. The molecule has 0 aromatic rings. The van der Waals surface area contributed by atoms with E-state index in [2.05, 4.69) is 4.74 Å². The van der Waals surface area contributed by atoms with Gasteiger partial charge in [0.2, 0.25) is 0 Å². The lowest BCUT2D eigenvalue weighted by Crippen LogP contribution is -2.38. The third-order valence-corrected chi connectivity index (χ3v) is 2.50. The number of hydrogen-bond acceptors (Lipinski definition) is 2. The SMILES string of the molecule is CCOC(=O)C1C(C(F)F)=CC=CC1C(F)(F)F. The van der Waals surface area contributed by atoms with Gasteiger partial charge in [0, 0.05) is 5.57 Å². The van der Waals surface area contributed by atoms with E-state index in [1.54, 1.807) is 0 Å². The topological polar surface area (TPSA) is 26.3 Å². The smallest absolute Gasteiger partial charge is 0.396 e. The highest BCUT2D eigenvalue weighted by molar-refractivity contribution is 5.77. The molecule has 0 heterocycles. The minimum atomic E-state index is -4.78. The summed E-state index contributed by atoms with van der Waals surface area (Å²) in [5.41, 5.74) is -0.863. The van der Waals surface area contributed by atoms with Crippen LogP contribution in [-0.2, 0) is 9.53 Å². The first-order valence-corrected chi connectivity index (χ1v) is 5.18. The van der Waals surface area contributed by atoms with E-state index in [0.717, 1.165) is 12.2 Å². The van der Waals surface area contributed by atoms with Crippen molar-refractivity contribution in [3.8, 4) is 0 Å². The molecule has 0 amide bonds. The van der Waals surface area contributed by atoms with Crippen LogP contribution in [0.1, 0.15) is 6.92 Å². The van der Waals surface area contributed by atoms with E-state index in [0.29, 0.717) is 6.08 Å². The Bertz CT molecular complexity index is 370. The van der Waals surface area contributed by atoms with Crippen molar-refractivity contribution in [3.63, 3.8) is 0 Å². The van der Waals surface area contributed by atoms with Crippen LogP contribution in [0.2, 0.25) is 0 Å². The Hall–Kier alpha value is -1.40. The lowest BCUT2D eigenvalue weighted by atomic mass is 9.81. The first kappa shape index (κ1) is 14.7. The van der Waals surface area contributed by atoms with E-state index < -0.39 is 36.0 Å². The number of rotatable bonds is 3. The fourth-order valence-corrected chi connectivity index (χ4v) is 1.73. The molecule has 18 heavy (non-hydrogen) atoms. The van der Waals surface area contributed by atoms with Gasteiger partial charge in [0.05, 0.1) is 18.4 Å². The molecule has 1 aliphatic carbocycles. The molecular weight excluding hydrogens is 259 g/mol. The number of allylic oxidation sites excluding steroid dienone is 3. The number of carbonyl (C=O) groups is 1. The molecule has 0 aliphatic heterocycles. The van der Waals surface area contributed by atoms with Gasteiger partial charge in [-0.05, 0) is 6.92 Å². The van der Waals surface area contributed by atoms with Crippen LogP contribution >= 0.6 is 0 Å². The fourth-order valence-electron chi connectivity index (χ4n) is 1.73. The van der Waals surface area contributed by atoms with Gasteiger partial charge in [0.1, 0.15) is 0 Å². The standard InChI is InChI=1S/C11H11F5O2/c1-2-18-10(17)8-6(9(12)13)4-3-5-7(8)11(14,15)16/h3-5,7-9H,2H2,1H3. The normalized spacial score (nSPS) is 24.1. The Morgan fingerprint density at radius 3 is 2.50 bits per heavy atom. The maximum absolute atomic E-state index is 12.7. The summed E-state index contributed by atoms with van der Waals surface area (Å²) in [6, 6.07) is 0. The molecule has 0 bridgehead atoms. The van der Waals surface area contributed by atoms with Crippen LogP contribution in [0.5, 0.6) is 0 Å². The van der Waals surface area contributed by atoms with E-state index in [-0.39, 0.29) is 6.61 Å². The monoisotopic (exact) mass is 270 g/mol. The molecule has 1 rings (SSSR count). The zero-order valence-corrected chi connectivity index (χ0v) is 9.38. The van der Waals surface area contributed by atoms with E-state index in [4.69, 9.17) is 0 Å². The quantitative estimate of drug-likeness (QED) is 0.582. The maximum Gasteiger partial charge on any atom is 0.396 e. The Labute approximate surface area is 100 Å². The number of hydrogen-bond donors (Lipinski definition) is 0. The second-order valence-electron chi connectivity index (χ2n) is 3.65. The van der Waals surface area contributed by atoms with Crippen LogP contribution in [0.4, 0.5) is 22.0 Å². The molecule has 1 aliphatic rings. The van der Waals surface area contributed by atoms with Gasteiger partial charge in [-0.1, -0.05) is 18.2 Å². The number of alkyl halides is 5. The first-order valence-electron chi connectivity index (χ1n) is 5.18. The lowest BCUT2D eigenvalue weighted by molar-refractivity contribution is -0.185. The minimum Gasteiger partial charge on any atom is -0.466 e. The number of carbonyl (C=O) groups excluding carboxylic acids is 1. The highest BCUT2D eigenvalue weighted by atomic mass is 19.4. The molecule has 0 saturated carbocycles. The van der Waals surface area contributed by atoms with Gasteiger partial charge in [-0.3, -0.25) is 4.79 Å². The molecule has 2 unspecified atom stereocenters. The Kier molecular flexibility index (Phi) is 4.48. The molecule has 0 aromatic carbocycles. The Balaban J connectivity index is 3.10. The summed E-state index contributed by atoms with van der Waals surface area (Å²) in [5, 5.41) is 0. The maximum atomic E-state index is 12.7. The van der Waals surface area contributed by atoms with Crippen LogP contribution in [0.3, 0.4) is 0 Å². The van der Waals surface area contributed by atoms with Crippen LogP contribution < -0.4 is 0 Å². The van der Waals surface area contributed by atoms with Crippen molar-refractivity contribution in [2.24, 2.45) is 11.8 Å². The summed E-state index contributed by atoms with van der Waals surface area (Å²) >= 11 is 0. The zero-order chi connectivity index (χ0) is 13.9. The van der Waals surface area contributed by atoms with Crippen molar-refractivity contribution in [1.82, 2.24) is 0 Å². The summed E-state index contributed by atoms with van der Waals surface area (Å²) in [6.45, 7) is 1.23. The third-order valence-electron chi connectivity index (χ3n) is 2.50. The minimum absolute atomic E-state index is 0.167. The Morgan fingerprint density at radius 2 is 2.06 bits per heavy atom. The van der Waals surface area contributed by atoms with E-state index in [9.17, 15) is 26.7 Å². The summed E-state index contributed by atoms with van der Waals surface area (Å²) < 4.78 is 67.8. The molecule has 0 fully saturated rings. The van der Waals surface area contributed by atoms with Crippen LogP contribution in [0.25, 0.3) is 0 Å². The lowest BCUT2D eigenvalue weighted by Gasteiger charge is -2.29. The molecule has 7 heteroatoms. The third kappa shape index (κ3) is 3.08. The van der Waals surface area contributed by atoms with Crippen LogP contribution in [-0.4, -0.2) is 25.2 Å². The van der Waals surface area contributed by atoms with Crippen molar-refractivity contribution in [2.75, 3.05) is 6.61 Å². The van der Waals surface area contributed by atoms with Crippen LogP contribution in [0.15, 0.2) is 23.8 Å². The van der Waals surface area contributed by atoms with E-state index in [1.165, 1.54) is 6.92 Å². The van der Waals surface area contributed by atoms with E-state index in [1.807, 2.05) is 0 Å². The second-order valence-corrected chi connectivity index (χ2v) is 3.65. The molecule has 0 N–H and O–H groups in total. The fraction of sp³-hybridized carbons (Fsp3) is 0.545. The molecule has 0 spiro atoms. The highest BCUT2D eigenvalue weighted by Crippen LogP contribution is 2.41. The summed E-state index contributed by atoms with van der Waals surface area (Å²) in [7, 11) is 0. The van der Waals surface area contributed by atoms with Gasteiger partial charge in [-0.15, -0.1) is 0 Å². The second kappa shape index (κ2) is 5.49. The largest absolute Gasteiger partial charge is 0.466 e. The molecule has 0 saturated heterocycles. The van der Waals surface area contributed by atoms with Crippen molar-refractivity contribution < 1.29 is 31.5 Å². The van der Waals surface area contributed by atoms with Crippen molar-refractivity contribution >= 4 is 5.97 Å². The Morgan fingerprint density at radius 1 is 1.44 bits per heavy atom. The number of halogens is 5. The first-order chi connectivity index (χ1) is 8.29. The molecule has 2 nitrogen and oxygen atoms in total. The average Bonchev–Trinajstić information content (AvgIpc) is 2.27. The zero-order valence-electron chi connectivity index (χ0n) is 9.38. The van der Waals surface area contributed by atoms with E-state index >= 15 is 0 Å². The van der Waals surface area contributed by atoms with Crippen molar-refractivity contribution in [2.45, 2.75) is 19.5 Å².